The molecule has 0 radical (unpaired) electrons. The van der Waals surface area contributed by atoms with E-state index in [1.807, 2.05) is 13.0 Å². The summed E-state index contributed by atoms with van der Waals surface area (Å²) in [5.41, 5.74) is 1.68. The number of benzene rings is 2. The fourth-order valence-electron chi connectivity index (χ4n) is 3.80. The summed E-state index contributed by atoms with van der Waals surface area (Å²) >= 11 is 12.3. The summed E-state index contributed by atoms with van der Waals surface area (Å²) in [4.78, 5) is 31.7. The second-order valence-electron chi connectivity index (χ2n) is 7.42. The largest absolute Gasteiger partial charge is 0.507 e. The Morgan fingerprint density at radius 2 is 1.88 bits per heavy atom. The van der Waals surface area contributed by atoms with Gasteiger partial charge < -0.3 is 14.7 Å². The maximum absolute atomic E-state index is 13.1. The molecular weight excluding hydrogens is 463 g/mol. The molecule has 1 aliphatic heterocycles. The number of ketones is 1. The number of aromatic nitrogens is 1. The van der Waals surface area contributed by atoms with E-state index in [4.69, 9.17) is 27.9 Å². The fourth-order valence-corrected chi connectivity index (χ4v) is 4.16. The maximum atomic E-state index is 13.1. The molecular formula is C25H20Cl2N2O4. The summed E-state index contributed by atoms with van der Waals surface area (Å²) in [6.07, 6.45) is 3.26. The standard InChI is InChI=1S/C25H20Cl2N2O4/c1-2-33-20-10-7-17(12-19(20)27)23(30)21-22(16-5-8-18(26)9-6-16)29(25(32)24(21)31)14-15-4-3-11-28-13-15/h3-13,22,30H,2,14H2,1H3/b23-21+/t22-/m1/s1. The van der Waals surface area contributed by atoms with Crippen molar-refractivity contribution in [3.8, 4) is 5.75 Å². The maximum Gasteiger partial charge on any atom is 0.295 e. The molecule has 6 nitrogen and oxygen atoms in total. The highest BCUT2D eigenvalue weighted by molar-refractivity contribution is 6.46. The SMILES string of the molecule is CCOc1ccc(/C(O)=C2\C(=O)C(=O)N(Cc3cccnc3)[C@@H]2c2ccc(Cl)cc2)cc1Cl. The number of carbonyl (C=O) groups is 2. The van der Waals surface area contributed by atoms with Crippen LogP contribution in [-0.4, -0.2) is 33.3 Å². The van der Waals surface area contributed by atoms with Gasteiger partial charge in [0.25, 0.3) is 11.7 Å². The molecule has 0 saturated carbocycles. The Morgan fingerprint density at radius 1 is 1.12 bits per heavy atom. The number of hydrogen-bond donors (Lipinski definition) is 1. The molecule has 0 unspecified atom stereocenters. The number of rotatable bonds is 6. The molecule has 1 atom stereocenters. The van der Waals surface area contributed by atoms with Crippen molar-refractivity contribution >= 4 is 40.7 Å². The lowest BCUT2D eigenvalue weighted by molar-refractivity contribution is -0.140. The van der Waals surface area contributed by atoms with Gasteiger partial charge in [-0.25, -0.2) is 0 Å². The summed E-state index contributed by atoms with van der Waals surface area (Å²) in [5, 5.41) is 12.0. The monoisotopic (exact) mass is 482 g/mol. The Morgan fingerprint density at radius 3 is 2.52 bits per heavy atom. The van der Waals surface area contributed by atoms with Crippen LogP contribution in [0.3, 0.4) is 0 Å². The lowest BCUT2D eigenvalue weighted by Crippen LogP contribution is -2.29. The highest BCUT2D eigenvalue weighted by atomic mass is 35.5. The predicted molar refractivity (Wildman–Crippen MR) is 126 cm³/mol. The Kier molecular flexibility index (Phi) is 6.67. The molecule has 8 heteroatoms. The zero-order chi connectivity index (χ0) is 23.5. The van der Waals surface area contributed by atoms with E-state index in [9.17, 15) is 14.7 Å². The number of nitrogens with zero attached hydrogens (tertiary/aromatic N) is 2. The van der Waals surface area contributed by atoms with Crippen molar-refractivity contribution in [2.45, 2.75) is 19.5 Å². The second-order valence-corrected chi connectivity index (χ2v) is 8.26. The molecule has 33 heavy (non-hydrogen) atoms. The first-order valence-electron chi connectivity index (χ1n) is 10.3. The number of amides is 1. The molecule has 1 saturated heterocycles. The van der Waals surface area contributed by atoms with Crippen LogP contribution in [0.4, 0.5) is 0 Å². The molecule has 3 aromatic rings. The van der Waals surface area contributed by atoms with Crippen molar-refractivity contribution in [3.63, 3.8) is 0 Å². The Hall–Kier alpha value is -3.35. The summed E-state index contributed by atoms with van der Waals surface area (Å²) in [7, 11) is 0. The highest BCUT2D eigenvalue weighted by Crippen LogP contribution is 2.41. The Labute approximate surface area is 201 Å². The number of halogens is 2. The molecule has 4 rings (SSSR count). The summed E-state index contributed by atoms with van der Waals surface area (Å²) < 4.78 is 5.44. The Bertz CT molecular complexity index is 1230. The third-order valence-corrected chi connectivity index (χ3v) is 5.85. The van der Waals surface area contributed by atoms with Gasteiger partial charge in [0.15, 0.2) is 0 Å². The normalized spacial score (nSPS) is 17.4. The first-order chi connectivity index (χ1) is 15.9. The first-order valence-corrected chi connectivity index (χ1v) is 11.0. The Balaban J connectivity index is 1.84. The number of Topliss-reactive ketones (excluding diaryl/α,β-unsaturated/α-hetero) is 1. The highest BCUT2D eigenvalue weighted by Gasteiger charge is 2.46. The van der Waals surface area contributed by atoms with Crippen molar-refractivity contribution in [2.75, 3.05) is 6.61 Å². The molecule has 1 amide bonds. The van der Waals surface area contributed by atoms with Crippen molar-refractivity contribution in [3.05, 3.63) is 99.3 Å². The molecule has 2 aromatic carbocycles. The van der Waals surface area contributed by atoms with E-state index >= 15 is 0 Å². The van der Waals surface area contributed by atoms with E-state index < -0.39 is 17.7 Å². The van der Waals surface area contributed by atoms with Gasteiger partial charge in [-0.1, -0.05) is 41.4 Å². The minimum absolute atomic E-state index is 0.0218. The molecule has 0 bridgehead atoms. The van der Waals surface area contributed by atoms with Gasteiger partial charge in [-0.15, -0.1) is 0 Å². The lowest BCUT2D eigenvalue weighted by Gasteiger charge is -2.25. The van der Waals surface area contributed by atoms with Gasteiger partial charge in [-0.2, -0.15) is 0 Å². The van der Waals surface area contributed by atoms with Gasteiger partial charge in [0.2, 0.25) is 0 Å². The first kappa shape index (κ1) is 22.8. The molecule has 0 spiro atoms. The number of likely N-dealkylation sites (tertiary alicyclic amines) is 1. The van der Waals surface area contributed by atoms with Gasteiger partial charge in [0.1, 0.15) is 11.5 Å². The third-order valence-electron chi connectivity index (χ3n) is 5.31. The number of pyridine rings is 1. The summed E-state index contributed by atoms with van der Waals surface area (Å²) in [6, 6.07) is 14.3. The van der Waals surface area contributed by atoms with Gasteiger partial charge in [0.05, 0.1) is 23.2 Å². The number of hydrogen-bond acceptors (Lipinski definition) is 5. The van der Waals surface area contributed by atoms with Crippen LogP contribution in [0.1, 0.15) is 29.7 Å². The van der Waals surface area contributed by atoms with E-state index in [1.165, 1.54) is 11.0 Å². The van der Waals surface area contributed by atoms with Crippen LogP contribution < -0.4 is 4.74 Å². The fraction of sp³-hybridized carbons (Fsp3) is 0.160. The van der Waals surface area contributed by atoms with E-state index in [0.29, 0.717) is 28.5 Å². The molecule has 1 aliphatic rings. The average molecular weight is 483 g/mol. The van der Waals surface area contributed by atoms with E-state index in [2.05, 4.69) is 4.98 Å². The van der Waals surface area contributed by atoms with Gasteiger partial charge in [-0.05, 0) is 54.4 Å². The smallest absolute Gasteiger partial charge is 0.295 e. The van der Waals surface area contributed by atoms with Crippen LogP contribution in [0, 0.1) is 0 Å². The molecule has 1 fully saturated rings. The van der Waals surface area contributed by atoms with Crippen LogP contribution in [0.5, 0.6) is 5.75 Å². The number of ether oxygens (including phenoxy) is 1. The number of aliphatic hydroxyl groups is 1. The van der Waals surface area contributed by atoms with E-state index in [1.54, 1.807) is 54.9 Å². The van der Waals surface area contributed by atoms with E-state index in [0.717, 1.165) is 5.56 Å². The van der Waals surface area contributed by atoms with Crippen LogP contribution in [0.15, 0.2) is 72.6 Å². The summed E-state index contributed by atoms with van der Waals surface area (Å²) in [6.45, 7) is 2.41. The quantitative estimate of drug-likeness (QED) is 0.288. The zero-order valence-electron chi connectivity index (χ0n) is 17.7. The molecule has 168 valence electrons. The van der Waals surface area contributed by atoms with E-state index in [-0.39, 0.29) is 22.9 Å². The van der Waals surface area contributed by atoms with Crippen molar-refractivity contribution in [1.82, 2.24) is 9.88 Å². The molecule has 1 N–H and O–H groups in total. The minimum Gasteiger partial charge on any atom is -0.507 e. The molecule has 0 aliphatic carbocycles. The van der Waals surface area contributed by atoms with Crippen LogP contribution >= 0.6 is 23.2 Å². The van der Waals surface area contributed by atoms with Crippen LogP contribution in [-0.2, 0) is 16.1 Å². The number of carbonyl (C=O) groups excluding carboxylic acids is 2. The van der Waals surface area contributed by atoms with Crippen LogP contribution in [0.2, 0.25) is 10.0 Å². The third kappa shape index (κ3) is 4.58. The van der Waals surface area contributed by atoms with Crippen LogP contribution in [0.25, 0.3) is 5.76 Å². The van der Waals surface area contributed by atoms with Gasteiger partial charge in [0, 0.05) is 29.5 Å². The van der Waals surface area contributed by atoms with Gasteiger partial charge in [-0.3, -0.25) is 14.6 Å². The van der Waals surface area contributed by atoms with Crippen molar-refractivity contribution in [2.24, 2.45) is 0 Å². The number of aliphatic hydroxyl groups excluding tert-OH is 1. The molecule has 1 aromatic heterocycles. The summed E-state index contributed by atoms with van der Waals surface area (Å²) in [5.74, 6) is -1.34. The van der Waals surface area contributed by atoms with Gasteiger partial charge >= 0.3 is 0 Å². The average Bonchev–Trinajstić information content (AvgIpc) is 3.06. The van der Waals surface area contributed by atoms with Crippen molar-refractivity contribution in [1.29, 1.82) is 0 Å². The molecule has 2 heterocycles. The second kappa shape index (κ2) is 9.65. The zero-order valence-corrected chi connectivity index (χ0v) is 19.2. The topological polar surface area (TPSA) is 79.7 Å². The lowest BCUT2D eigenvalue weighted by atomic mass is 9.95. The predicted octanol–water partition coefficient (Wildman–Crippen LogP) is 5.41. The van der Waals surface area contributed by atoms with Crippen molar-refractivity contribution < 1.29 is 19.4 Å². The minimum atomic E-state index is -0.812.